The molecule has 1 fully saturated rings. The Morgan fingerprint density at radius 3 is 1.87 bits per heavy atom. The zero-order chi connectivity index (χ0) is 34.4. The lowest BCUT2D eigenvalue weighted by atomic mass is 10.1. The number of rotatable bonds is 14. The van der Waals surface area contributed by atoms with E-state index in [0.717, 1.165) is 36.3 Å². The molecule has 0 saturated carbocycles. The van der Waals surface area contributed by atoms with Crippen molar-refractivity contribution >= 4 is 47.6 Å². The molecule has 0 bridgehead atoms. The molecule has 1 heterocycles. The highest BCUT2D eigenvalue weighted by molar-refractivity contribution is 5.94. The molecule has 1 aliphatic rings. The van der Waals surface area contributed by atoms with Crippen molar-refractivity contribution in [2.75, 3.05) is 47.1 Å². The van der Waals surface area contributed by atoms with Crippen molar-refractivity contribution in [2.24, 2.45) is 0 Å². The third kappa shape index (κ3) is 15.5. The van der Waals surface area contributed by atoms with Gasteiger partial charge in [0.15, 0.2) is 13.2 Å². The first kappa shape index (κ1) is 38.3. The third-order valence-electron chi connectivity index (χ3n) is 5.58. The summed E-state index contributed by atoms with van der Waals surface area (Å²) in [5, 5.41) is 0. The maximum absolute atomic E-state index is 12.8. The Balaban J connectivity index is 2.50. The van der Waals surface area contributed by atoms with E-state index in [-0.39, 0.29) is 13.1 Å². The number of hydrogen-bond donors (Lipinski definition) is 0. The Morgan fingerprint density at radius 2 is 1.31 bits per heavy atom. The molecule has 1 unspecified atom stereocenters. The maximum atomic E-state index is 12.8. The quantitative estimate of drug-likeness (QED) is 0.140. The Hall–Kier alpha value is -4.76. The van der Waals surface area contributed by atoms with E-state index >= 15 is 0 Å². The van der Waals surface area contributed by atoms with Crippen molar-refractivity contribution in [1.82, 2.24) is 9.80 Å². The molecule has 0 radical (unpaired) electrons. The molecule has 45 heavy (non-hydrogen) atoms. The van der Waals surface area contributed by atoms with Gasteiger partial charge in [-0.05, 0) is 47.5 Å². The third-order valence-corrected chi connectivity index (χ3v) is 5.58. The van der Waals surface area contributed by atoms with Crippen molar-refractivity contribution in [3.63, 3.8) is 0 Å². The lowest BCUT2D eigenvalue weighted by molar-refractivity contribution is -0.173. The number of likely N-dealkylation sites (tertiary alicyclic amines) is 1. The Kier molecular flexibility index (Phi) is 14.9. The number of nitrogens with zero attached hydrogens (tertiary/aromatic N) is 2. The van der Waals surface area contributed by atoms with Crippen LogP contribution in [0.4, 0.5) is 0 Å². The highest BCUT2D eigenvalue weighted by Gasteiger charge is 2.38. The molecule has 0 aromatic rings. The molecular weight excluding hydrogens is 600 g/mol. The normalized spacial score (nSPS) is 14.9. The zero-order valence-electron chi connectivity index (χ0n) is 26.4. The first-order chi connectivity index (χ1) is 20.8. The van der Waals surface area contributed by atoms with Crippen LogP contribution in [0.3, 0.4) is 0 Å². The van der Waals surface area contributed by atoms with E-state index in [4.69, 9.17) is 23.7 Å². The Labute approximate surface area is 260 Å². The standard InChI is InChI=1S/C29H40N2O14/c1-28(2,3)44-26(38)15-30(6)20(32)16-41-24(36)12-13-25(37)43-18-29(4,5)45-27(39)19-9-8-14-31(19)21(33)17-42-23(35)11-10-22(34)40-7/h10-13,19H,8-9,14-18H2,1-7H3/b11-10+,13-12+. The van der Waals surface area contributed by atoms with Gasteiger partial charge in [-0.2, -0.15) is 0 Å². The molecule has 1 saturated heterocycles. The monoisotopic (exact) mass is 640 g/mol. The van der Waals surface area contributed by atoms with Crippen LogP contribution in [0, 0.1) is 0 Å². The SMILES string of the molecule is COC(=O)/C=C/C(=O)OCC(=O)N1CCCC1C(=O)OC(C)(C)COC(=O)/C=C/C(=O)OCC(=O)N(C)CC(=O)OC(C)(C)C. The van der Waals surface area contributed by atoms with E-state index in [9.17, 15) is 38.4 Å². The highest BCUT2D eigenvalue weighted by Crippen LogP contribution is 2.22. The predicted molar refractivity (Wildman–Crippen MR) is 152 cm³/mol. The summed E-state index contributed by atoms with van der Waals surface area (Å²) in [4.78, 5) is 98.2. The van der Waals surface area contributed by atoms with Gasteiger partial charge in [0.1, 0.15) is 30.4 Å². The van der Waals surface area contributed by atoms with Gasteiger partial charge in [0.25, 0.3) is 11.8 Å². The molecule has 1 atom stereocenters. The fourth-order valence-corrected chi connectivity index (χ4v) is 3.52. The van der Waals surface area contributed by atoms with Crippen LogP contribution in [0.5, 0.6) is 0 Å². The highest BCUT2D eigenvalue weighted by atomic mass is 16.6. The van der Waals surface area contributed by atoms with Crippen LogP contribution in [0.25, 0.3) is 0 Å². The number of likely N-dealkylation sites (N-methyl/N-ethyl adjacent to an activating group) is 1. The number of hydrogen-bond acceptors (Lipinski definition) is 14. The molecule has 16 heteroatoms. The predicted octanol–water partition coefficient (Wildman–Crippen LogP) is 0.0143. The second kappa shape index (κ2) is 17.5. The van der Waals surface area contributed by atoms with E-state index in [1.165, 1.54) is 25.8 Å². The minimum atomic E-state index is -1.32. The average molecular weight is 641 g/mol. The zero-order valence-corrected chi connectivity index (χ0v) is 26.4. The van der Waals surface area contributed by atoms with Crippen LogP contribution in [-0.2, 0) is 66.8 Å². The van der Waals surface area contributed by atoms with Crippen molar-refractivity contribution in [2.45, 2.75) is 64.7 Å². The lowest BCUT2D eigenvalue weighted by Crippen LogP contribution is -2.46. The molecule has 250 valence electrons. The fourth-order valence-electron chi connectivity index (χ4n) is 3.52. The van der Waals surface area contributed by atoms with Gasteiger partial charge in [-0.25, -0.2) is 24.0 Å². The van der Waals surface area contributed by atoms with Gasteiger partial charge in [-0.1, -0.05) is 0 Å². The minimum Gasteiger partial charge on any atom is -0.466 e. The number of esters is 6. The molecule has 2 amide bonds. The molecule has 0 spiro atoms. The maximum Gasteiger partial charge on any atom is 0.331 e. The number of methoxy groups -OCH3 is 1. The Bertz CT molecular complexity index is 1200. The van der Waals surface area contributed by atoms with Crippen molar-refractivity contribution < 1.29 is 66.8 Å². The Morgan fingerprint density at radius 1 is 0.778 bits per heavy atom. The van der Waals surface area contributed by atoms with Crippen LogP contribution in [0.1, 0.15) is 47.5 Å². The summed E-state index contributed by atoms with van der Waals surface area (Å²) in [6, 6.07) is -0.961. The lowest BCUT2D eigenvalue weighted by Gasteiger charge is -2.29. The van der Waals surface area contributed by atoms with Crippen molar-refractivity contribution in [3.8, 4) is 0 Å². The summed E-state index contributed by atoms with van der Waals surface area (Å²) < 4.78 is 29.5. The average Bonchev–Trinajstić information content (AvgIpc) is 3.44. The van der Waals surface area contributed by atoms with E-state index < -0.39 is 84.7 Å². The molecule has 0 N–H and O–H groups in total. The van der Waals surface area contributed by atoms with E-state index in [0.29, 0.717) is 12.8 Å². The van der Waals surface area contributed by atoms with Gasteiger partial charge in [0.2, 0.25) is 0 Å². The van der Waals surface area contributed by atoms with Gasteiger partial charge in [-0.15, -0.1) is 0 Å². The molecule has 0 aromatic carbocycles. The first-order valence-electron chi connectivity index (χ1n) is 13.8. The van der Waals surface area contributed by atoms with Crippen LogP contribution in [0.15, 0.2) is 24.3 Å². The summed E-state index contributed by atoms with van der Waals surface area (Å²) >= 11 is 0. The first-order valence-corrected chi connectivity index (χ1v) is 13.8. The molecule has 1 rings (SSSR count). The molecule has 0 aliphatic carbocycles. The largest absolute Gasteiger partial charge is 0.466 e. The number of carbonyl (C=O) groups is 8. The van der Waals surface area contributed by atoms with Gasteiger partial charge in [0.05, 0.1) is 7.11 Å². The van der Waals surface area contributed by atoms with E-state index in [1.807, 2.05) is 0 Å². The summed E-state index contributed by atoms with van der Waals surface area (Å²) in [6.07, 6.45) is 3.91. The van der Waals surface area contributed by atoms with Crippen LogP contribution >= 0.6 is 0 Å². The van der Waals surface area contributed by atoms with Gasteiger partial charge in [-0.3, -0.25) is 14.4 Å². The van der Waals surface area contributed by atoms with Crippen LogP contribution < -0.4 is 0 Å². The summed E-state index contributed by atoms with van der Waals surface area (Å²) in [7, 11) is 2.46. The topological polar surface area (TPSA) is 198 Å². The molecular formula is C29H40N2O14. The fraction of sp³-hybridized carbons (Fsp3) is 0.586. The number of amides is 2. The summed E-state index contributed by atoms with van der Waals surface area (Å²) in [5.74, 6) is -6.44. The summed E-state index contributed by atoms with van der Waals surface area (Å²) in [5.41, 5.74) is -2.05. The summed E-state index contributed by atoms with van der Waals surface area (Å²) in [6.45, 7) is 6.07. The van der Waals surface area contributed by atoms with Crippen LogP contribution in [-0.4, -0.2) is 122 Å². The van der Waals surface area contributed by atoms with Gasteiger partial charge in [0, 0.05) is 37.9 Å². The van der Waals surface area contributed by atoms with E-state index in [2.05, 4.69) is 4.74 Å². The minimum absolute atomic E-state index is 0.218. The molecule has 0 aromatic heterocycles. The molecule has 1 aliphatic heterocycles. The smallest absolute Gasteiger partial charge is 0.331 e. The van der Waals surface area contributed by atoms with Crippen molar-refractivity contribution in [3.05, 3.63) is 24.3 Å². The van der Waals surface area contributed by atoms with E-state index in [1.54, 1.807) is 20.8 Å². The second-order valence-corrected chi connectivity index (χ2v) is 11.3. The second-order valence-electron chi connectivity index (χ2n) is 11.3. The van der Waals surface area contributed by atoms with Crippen LogP contribution in [0.2, 0.25) is 0 Å². The number of ether oxygens (including phenoxy) is 6. The number of carbonyl (C=O) groups excluding carboxylic acids is 8. The van der Waals surface area contributed by atoms with Crippen molar-refractivity contribution in [1.29, 1.82) is 0 Å². The molecule has 16 nitrogen and oxygen atoms in total. The van der Waals surface area contributed by atoms with Gasteiger partial charge >= 0.3 is 35.8 Å². The van der Waals surface area contributed by atoms with Gasteiger partial charge < -0.3 is 38.2 Å².